The fourth-order valence-corrected chi connectivity index (χ4v) is 5.57. The highest BCUT2D eigenvalue weighted by atomic mass is 35.5. The van der Waals surface area contributed by atoms with E-state index in [0.29, 0.717) is 18.0 Å². The normalized spacial score (nSPS) is 16.0. The third-order valence-corrected chi connectivity index (χ3v) is 8.07. The van der Waals surface area contributed by atoms with E-state index in [1.165, 1.54) is 31.0 Å². The smallest absolute Gasteiger partial charge is 0.269 e. The van der Waals surface area contributed by atoms with Crippen molar-refractivity contribution in [2.24, 2.45) is 5.92 Å². The van der Waals surface area contributed by atoms with Crippen molar-refractivity contribution in [3.05, 3.63) is 33.8 Å². The molecule has 1 amide bonds. The lowest BCUT2D eigenvalue weighted by molar-refractivity contribution is 0.102. The summed E-state index contributed by atoms with van der Waals surface area (Å²) in [5.41, 5.74) is 0.200. The number of rotatable bonds is 8. The molecule has 2 N–H and O–H groups in total. The molecular formula is C18H23Cl2N5O3S2. The highest BCUT2D eigenvalue weighted by molar-refractivity contribution is 7.91. The van der Waals surface area contributed by atoms with Crippen molar-refractivity contribution in [2.75, 3.05) is 31.5 Å². The molecule has 0 saturated carbocycles. The Bertz CT molecular complexity index is 991. The first-order chi connectivity index (χ1) is 14.2. The fraction of sp³-hybridized carbons (Fsp3) is 0.500. The van der Waals surface area contributed by atoms with Crippen molar-refractivity contribution in [3.63, 3.8) is 0 Å². The molecule has 1 aliphatic heterocycles. The van der Waals surface area contributed by atoms with Crippen LogP contribution in [-0.4, -0.2) is 55.6 Å². The van der Waals surface area contributed by atoms with Gasteiger partial charge in [-0.05, 0) is 63.0 Å². The van der Waals surface area contributed by atoms with Gasteiger partial charge in [-0.1, -0.05) is 41.5 Å². The first-order valence-electron chi connectivity index (χ1n) is 9.56. The van der Waals surface area contributed by atoms with Crippen LogP contribution in [0.4, 0.5) is 5.13 Å². The number of hydrogen-bond acceptors (Lipinski definition) is 7. The summed E-state index contributed by atoms with van der Waals surface area (Å²) in [6, 6.07) is 4.46. The lowest BCUT2D eigenvalue weighted by atomic mass is 9.99. The van der Waals surface area contributed by atoms with Gasteiger partial charge in [-0.15, -0.1) is 10.2 Å². The van der Waals surface area contributed by atoms with E-state index in [1.807, 2.05) is 0 Å². The van der Waals surface area contributed by atoms with Crippen molar-refractivity contribution < 1.29 is 13.2 Å². The highest BCUT2D eigenvalue weighted by Gasteiger charge is 2.22. The average molecular weight is 492 g/mol. The van der Waals surface area contributed by atoms with Crippen molar-refractivity contribution in [3.8, 4) is 0 Å². The minimum Gasteiger partial charge on any atom is -0.303 e. The molecule has 0 atom stereocenters. The number of sulfonamides is 1. The van der Waals surface area contributed by atoms with Crippen LogP contribution in [0.1, 0.15) is 36.5 Å². The van der Waals surface area contributed by atoms with E-state index in [2.05, 4.69) is 32.1 Å². The summed E-state index contributed by atoms with van der Waals surface area (Å²) in [7, 11) is -3.78. The maximum atomic E-state index is 12.4. The van der Waals surface area contributed by atoms with Crippen molar-refractivity contribution in [2.45, 2.75) is 30.5 Å². The Morgan fingerprint density at radius 3 is 2.70 bits per heavy atom. The molecule has 0 bridgehead atoms. The number of nitrogens with one attached hydrogen (secondary N) is 2. The molecule has 0 spiro atoms. The summed E-state index contributed by atoms with van der Waals surface area (Å²) in [6.45, 7) is 5.55. The van der Waals surface area contributed by atoms with Crippen LogP contribution in [0.25, 0.3) is 0 Å². The highest BCUT2D eigenvalue weighted by Crippen LogP contribution is 2.24. The number of piperidine rings is 1. The first kappa shape index (κ1) is 23.4. The molecule has 1 saturated heterocycles. The van der Waals surface area contributed by atoms with Gasteiger partial charge in [0.25, 0.3) is 15.9 Å². The molecule has 8 nitrogen and oxygen atoms in total. The third-order valence-electron chi connectivity index (χ3n) is 4.85. The Balaban J connectivity index is 1.50. The molecule has 2 aromatic rings. The SMILES string of the molecule is CC1CCN(CCCNS(=O)(=O)c2nnc(NC(=O)c3ccc(Cl)cc3Cl)s2)CC1. The zero-order valence-corrected chi connectivity index (χ0v) is 19.5. The number of anilines is 1. The Hall–Kier alpha value is -1.30. The second-order valence-electron chi connectivity index (χ2n) is 7.23. The lowest BCUT2D eigenvalue weighted by Crippen LogP contribution is -2.35. The summed E-state index contributed by atoms with van der Waals surface area (Å²) in [4.78, 5) is 14.7. The molecule has 2 heterocycles. The predicted molar refractivity (Wildman–Crippen MR) is 119 cm³/mol. The monoisotopic (exact) mass is 491 g/mol. The number of benzene rings is 1. The Kier molecular flexibility index (Phi) is 8.05. The quantitative estimate of drug-likeness (QED) is 0.432. The number of amides is 1. The van der Waals surface area contributed by atoms with Crippen LogP contribution < -0.4 is 10.0 Å². The third kappa shape index (κ3) is 6.35. The Labute approximate surface area is 190 Å². The zero-order valence-electron chi connectivity index (χ0n) is 16.4. The van der Waals surface area contributed by atoms with Gasteiger partial charge in [0.1, 0.15) is 0 Å². The summed E-state index contributed by atoms with van der Waals surface area (Å²) in [5, 5.41) is 10.6. The zero-order chi connectivity index (χ0) is 21.7. The molecule has 1 aromatic heterocycles. The van der Waals surface area contributed by atoms with Gasteiger partial charge in [-0.3, -0.25) is 10.1 Å². The molecule has 1 aliphatic rings. The number of halogens is 2. The van der Waals surface area contributed by atoms with Gasteiger partial charge in [0.15, 0.2) is 0 Å². The van der Waals surface area contributed by atoms with Crippen LogP contribution in [0.5, 0.6) is 0 Å². The van der Waals surface area contributed by atoms with Crippen LogP contribution in [0.3, 0.4) is 0 Å². The summed E-state index contributed by atoms with van der Waals surface area (Å²) in [6.07, 6.45) is 3.09. The van der Waals surface area contributed by atoms with E-state index < -0.39 is 15.9 Å². The second-order valence-corrected chi connectivity index (χ2v) is 11.0. The van der Waals surface area contributed by atoms with Crippen molar-refractivity contribution >= 4 is 55.6 Å². The molecular weight excluding hydrogens is 469 g/mol. The topological polar surface area (TPSA) is 104 Å². The van der Waals surface area contributed by atoms with Gasteiger partial charge < -0.3 is 4.90 Å². The molecule has 3 rings (SSSR count). The Morgan fingerprint density at radius 1 is 1.27 bits per heavy atom. The van der Waals surface area contributed by atoms with Crippen molar-refractivity contribution in [1.29, 1.82) is 0 Å². The van der Waals surface area contributed by atoms with Gasteiger partial charge in [0.05, 0.1) is 10.6 Å². The van der Waals surface area contributed by atoms with Crippen LogP contribution in [0.15, 0.2) is 22.5 Å². The number of hydrogen-bond donors (Lipinski definition) is 2. The van der Waals surface area contributed by atoms with Gasteiger partial charge in [0, 0.05) is 11.6 Å². The van der Waals surface area contributed by atoms with Gasteiger partial charge in [-0.2, -0.15) is 0 Å². The number of nitrogens with zero attached hydrogens (tertiary/aromatic N) is 3. The summed E-state index contributed by atoms with van der Waals surface area (Å²) >= 11 is 12.6. The van der Waals surface area contributed by atoms with E-state index in [-0.39, 0.29) is 20.1 Å². The van der Waals surface area contributed by atoms with E-state index in [4.69, 9.17) is 23.2 Å². The van der Waals surface area contributed by atoms with E-state index in [9.17, 15) is 13.2 Å². The average Bonchev–Trinajstić information content (AvgIpc) is 3.16. The molecule has 164 valence electrons. The van der Waals surface area contributed by atoms with Gasteiger partial charge in [-0.25, -0.2) is 13.1 Å². The first-order valence-corrected chi connectivity index (χ1v) is 12.6. The number of carbonyl (C=O) groups is 1. The summed E-state index contributed by atoms with van der Waals surface area (Å²) in [5.74, 6) is 0.239. The van der Waals surface area contributed by atoms with E-state index >= 15 is 0 Å². The van der Waals surface area contributed by atoms with Crippen LogP contribution >= 0.6 is 34.5 Å². The minimum atomic E-state index is -3.78. The molecule has 1 fully saturated rings. The molecule has 0 radical (unpaired) electrons. The minimum absolute atomic E-state index is 0.0637. The standard InChI is InChI=1S/C18H23Cl2N5O3S2/c1-12-5-9-25(10-6-12)8-2-7-21-30(27,28)18-24-23-17(29-18)22-16(26)14-4-3-13(19)11-15(14)20/h3-4,11-12,21H,2,5-10H2,1H3,(H,22,23,26). The van der Waals surface area contributed by atoms with Gasteiger partial charge >= 0.3 is 0 Å². The van der Waals surface area contributed by atoms with E-state index in [1.54, 1.807) is 0 Å². The fourth-order valence-electron chi connectivity index (χ4n) is 3.06. The number of carbonyl (C=O) groups excluding carboxylic acids is 1. The lowest BCUT2D eigenvalue weighted by Gasteiger charge is -2.30. The number of likely N-dealkylation sites (tertiary alicyclic amines) is 1. The number of aromatic nitrogens is 2. The predicted octanol–water partition coefficient (Wildman–Crippen LogP) is 3.50. The van der Waals surface area contributed by atoms with Crippen LogP contribution in [0.2, 0.25) is 10.0 Å². The van der Waals surface area contributed by atoms with Crippen molar-refractivity contribution in [1.82, 2.24) is 19.8 Å². The maximum absolute atomic E-state index is 12.4. The summed E-state index contributed by atoms with van der Waals surface area (Å²) < 4.78 is 27.2. The molecule has 30 heavy (non-hydrogen) atoms. The Morgan fingerprint density at radius 2 is 2.00 bits per heavy atom. The molecule has 0 aliphatic carbocycles. The molecule has 0 unspecified atom stereocenters. The maximum Gasteiger partial charge on any atom is 0.269 e. The molecule has 1 aromatic carbocycles. The van der Waals surface area contributed by atoms with Gasteiger partial charge in [0.2, 0.25) is 9.47 Å². The van der Waals surface area contributed by atoms with Crippen LogP contribution in [-0.2, 0) is 10.0 Å². The molecule has 12 heteroatoms. The largest absolute Gasteiger partial charge is 0.303 e. The second kappa shape index (κ2) is 10.3. The van der Waals surface area contributed by atoms with Crippen LogP contribution in [0, 0.1) is 5.92 Å². The van der Waals surface area contributed by atoms with E-state index in [0.717, 1.165) is 36.9 Å².